The summed E-state index contributed by atoms with van der Waals surface area (Å²) in [6.45, 7) is 0.819. The van der Waals surface area contributed by atoms with Crippen molar-refractivity contribution in [2.24, 2.45) is 7.05 Å². The molecule has 2 aromatic rings. The van der Waals surface area contributed by atoms with E-state index >= 15 is 0 Å². The summed E-state index contributed by atoms with van der Waals surface area (Å²) in [5, 5.41) is 14.9. The minimum atomic E-state index is -0.199. The normalized spacial score (nSPS) is 22.2. The molecule has 0 amide bonds. The summed E-state index contributed by atoms with van der Waals surface area (Å²) in [4.78, 5) is 2.28. The van der Waals surface area contributed by atoms with Gasteiger partial charge in [0.2, 0.25) is 0 Å². The first kappa shape index (κ1) is 15.3. The molecule has 0 bridgehead atoms. The van der Waals surface area contributed by atoms with E-state index < -0.39 is 0 Å². The van der Waals surface area contributed by atoms with E-state index in [1.807, 2.05) is 29.9 Å². The van der Waals surface area contributed by atoms with Crippen LogP contribution in [0.4, 0.5) is 0 Å². The average Bonchev–Trinajstić information content (AvgIpc) is 2.89. The highest BCUT2D eigenvalue weighted by molar-refractivity contribution is 5.62. The molecule has 1 heterocycles. The third kappa shape index (κ3) is 3.23. The molecular weight excluding hydrogens is 274 g/mol. The largest absolute Gasteiger partial charge is 0.391 e. The summed E-state index contributed by atoms with van der Waals surface area (Å²) in [6, 6.07) is 10.6. The Balaban J connectivity index is 1.80. The number of rotatable bonds is 4. The van der Waals surface area contributed by atoms with Crippen LogP contribution in [0.5, 0.6) is 0 Å². The Morgan fingerprint density at radius 2 is 1.95 bits per heavy atom. The maximum Gasteiger partial charge on any atom is 0.0968 e. The van der Waals surface area contributed by atoms with E-state index in [4.69, 9.17) is 0 Å². The van der Waals surface area contributed by atoms with Crippen molar-refractivity contribution < 1.29 is 5.11 Å². The van der Waals surface area contributed by atoms with Crippen molar-refractivity contribution in [1.29, 1.82) is 0 Å². The predicted molar refractivity (Wildman–Crippen MR) is 88.4 cm³/mol. The molecule has 0 radical (unpaired) electrons. The second kappa shape index (κ2) is 6.63. The molecule has 22 heavy (non-hydrogen) atoms. The fraction of sp³-hybridized carbons (Fsp3) is 0.500. The average molecular weight is 299 g/mol. The maximum absolute atomic E-state index is 10.2. The number of aliphatic hydroxyl groups excluding tert-OH is 1. The molecular formula is C18H25N3O. The zero-order chi connectivity index (χ0) is 15.5. The molecule has 4 nitrogen and oxygen atoms in total. The molecule has 0 unspecified atom stereocenters. The number of aliphatic hydroxyl groups is 1. The predicted octanol–water partition coefficient (Wildman–Crippen LogP) is 2.82. The Labute approximate surface area is 132 Å². The van der Waals surface area contributed by atoms with Gasteiger partial charge in [0, 0.05) is 37.0 Å². The first-order chi connectivity index (χ1) is 10.6. The summed E-state index contributed by atoms with van der Waals surface area (Å²) >= 11 is 0. The van der Waals surface area contributed by atoms with Gasteiger partial charge in [0.15, 0.2) is 0 Å². The van der Waals surface area contributed by atoms with Crippen LogP contribution in [0.15, 0.2) is 36.5 Å². The monoisotopic (exact) mass is 299 g/mol. The Morgan fingerprint density at radius 3 is 2.68 bits per heavy atom. The van der Waals surface area contributed by atoms with Gasteiger partial charge in [-0.2, -0.15) is 5.10 Å². The SMILES string of the molecule is CN(Cc1cn(C)nc1-c1ccccc1)[C@@H]1CCCC[C@@H]1O. The van der Waals surface area contributed by atoms with Gasteiger partial charge in [-0.25, -0.2) is 0 Å². The quantitative estimate of drug-likeness (QED) is 0.944. The van der Waals surface area contributed by atoms with Crippen LogP contribution in [0.2, 0.25) is 0 Å². The van der Waals surface area contributed by atoms with Crippen LogP contribution in [-0.2, 0) is 13.6 Å². The zero-order valence-corrected chi connectivity index (χ0v) is 13.4. The molecule has 1 aromatic carbocycles. The zero-order valence-electron chi connectivity index (χ0n) is 13.4. The number of benzene rings is 1. The van der Waals surface area contributed by atoms with E-state index in [2.05, 4.69) is 35.4 Å². The Hall–Kier alpha value is -1.65. The summed E-state index contributed by atoms with van der Waals surface area (Å²) in [5.41, 5.74) is 3.41. The van der Waals surface area contributed by atoms with Crippen LogP contribution < -0.4 is 0 Å². The van der Waals surface area contributed by atoms with Gasteiger partial charge >= 0.3 is 0 Å². The molecule has 0 saturated heterocycles. The number of aromatic nitrogens is 2. The van der Waals surface area contributed by atoms with Crippen LogP contribution in [0.25, 0.3) is 11.3 Å². The molecule has 2 atom stereocenters. The first-order valence-electron chi connectivity index (χ1n) is 8.11. The van der Waals surface area contributed by atoms with Gasteiger partial charge in [-0.1, -0.05) is 43.2 Å². The molecule has 4 heteroatoms. The topological polar surface area (TPSA) is 41.3 Å². The molecule has 1 aromatic heterocycles. The van der Waals surface area contributed by atoms with Crippen LogP contribution >= 0.6 is 0 Å². The van der Waals surface area contributed by atoms with Crippen molar-refractivity contribution in [2.75, 3.05) is 7.05 Å². The molecule has 1 N–H and O–H groups in total. The number of hydrogen-bond donors (Lipinski definition) is 1. The number of hydrogen-bond acceptors (Lipinski definition) is 3. The van der Waals surface area contributed by atoms with Crippen molar-refractivity contribution in [2.45, 2.75) is 44.4 Å². The lowest BCUT2D eigenvalue weighted by Gasteiger charge is -2.35. The maximum atomic E-state index is 10.2. The molecule has 1 aliphatic carbocycles. The number of nitrogens with zero attached hydrogens (tertiary/aromatic N) is 3. The summed E-state index contributed by atoms with van der Waals surface area (Å²) < 4.78 is 1.88. The van der Waals surface area contributed by atoms with Crippen molar-refractivity contribution in [3.8, 4) is 11.3 Å². The van der Waals surface area contributed by atoms with Crippen molar-refractivity contribution >= 4 is 0 Å². The highest BCUT2D eigenvalue weighted by Crippen LogP contribution is 2.27. The van der Waals surface area contributed by atoms with E-state index in [9.17, 15) is 5.11 Å². The van der Waals surface area contributed by atoms with Gasteiger partial charge in [-0.3, -0.25) is 9.58 Å². The van der Waals surface area contributed by atoms with E-state index in [-0.39, 0.29) is 12.1 Å². The first-order valence-corrected chi connectivity index (χ1v) is 8.11. The molecule has 0 aliphatic heterocycles. The van der Waals surface area contributed by atoms with E-state index in [1.54, 1.807) is 0 Å². The van der Waals surface area contributed by atoms with Crippen molar-refractivity contribution in [3.05, 3.63) is 42.1 Å². The summed E-state index contributed by atoms with van der Waals surface area (Å²) in [5.74, 6) is 0. The molecule has 1 aliphatic rings. The van der Waals surface area contributed by atoms with Gasteiger partial charge in [0.1, 0.15) is 0 Å². The third-order valence-corrected chi connectivity index (χ3v) is 4.63. The smallest absolute Gasteiger partial charge is 0.0968 e. The van der Waals surface area contributed by atoms with Gasteiger partial charge in [-0.05, 0) is 19.9 Å². The molecule has 1 fully saturated rings. The fourth-order valence-corrected chi connectivity index (χ4v) is 3.48. The number of aryl methyl sites for hydroxylation is 1. The number of likely N-dealkylation sites (N-methyl/N-ethyl adjacent to an activating group) is 1. The Morgan fingerprint density at radius 1 is 1.23 bits per heavy atom. The fourth-order valence-electron chi connectivity index (χ4n) is 3.48. The van der Waals surface area contributed by atoms with Gasteiger partial charge in [-0.15, -0.1) is 0 Å². The summed E-state index contributed by atoms with van der Waals surface area (Å²) in [7, 11) is 4.08. The molecule has 118 valence electrons. The van der Waals surface area contributed by atoms with Gasteiger partial charge < -0.3 is 5.11 Å². The van der Waals surface area contributed by atoms with Crippen LogP contribution in [-0.4, -0.2) is 39.0 Å². The Bertz CT molecular complexity index is 608. The van der Waals surface area contributed by atoms with Crippen LogP contribution in [0, 0.1) is 0 Å². The van der Waals surface area contributed by atoms with E-state index in [1.165, 1.54) is 12.0 Å². The highest BCUT2D eigenvalue weighted by atomic mass is 16.3. The third-order valence-electron chi connectivity index (χ3n) is 4.63. The van der Waals surface area contributed by atoms with Crippen LogP contribution in [0.1, 0.15) is 31.2 Å². The summed E-state index contributed by atoms with van der Waals surface area (Å²) in [6.07, 6.45) is 6.26. The highest BCUT2D eigenvalue weighted by Gasteiger charge is 2.27. The van der Waals surface area contributed by atoms with Crippen molar-refractivity contribution in [1.82, 2.24) is 14.7 Å². The minimum Gasteiger partial charge on any atom is -0.391 e. The van der Waals surface area contributed by atoms with E-state index in [0.717, 1.165) is 37.1 Å². The standard InChI is InChI=1S/C18H25N3O/c1-20(16-10-6-7-11-17(16)22)12-15-13-21(2)19-18(15)14-8-4-3-5-9-14/h3-5,8-9,13,16-17,22H,6-7,10-12H2,1-2H3/t16-,17+/m1/s1. The second-order valence-electron chi connectivity index (χ2n) is 6.38. The lowest BCUT2D eigenvalue weighted by atomic mass is 9.91. The second-order valence-corrected chi connectivity index (χ2v) is 6.38. The Kier molecular flexibility index (Phi) is 4.60. The lowest BCUT2D eigenvalue weighted by molar-refractivity contribution is 0.0289. The molecule has 3 rings (SSSR count). The van der Waals surface area contributed by atoms with Crippen LogP contribution in [0.3, 0.4) is 0 Å². The van der Waals surface area contributed by atoms with E-state index in [0.29, 0.717) is 0 Å². The molecule has 1 saturated carbocycles. The minimum absolute atomic E-state index is 0.199. The van der Waals surface area contributed by atoms with Crippen molar-refractivity contribution in [3.63, 3.8) is 0 Å². The van der Waals surface area contributed by atoms with Gasteiger partial charge in [0.25, 0.3) is 0 Å². The molecule has 0 spiro atoms. The van der Waals surface area contributed by atoms with Gasteiger partial charge in [0.05, 0.1) is 11.8 Å². The lowest BCUT2D eigenvalue weighted by Crippen LogP contribution is -2.42.